The normalized spacial score (nSPS) is 13.3. The number of alkyl halides is 3. The van der Waals surface area contributed by atoms with Crippen molar-refractivity contribution in [2.75, 3.05) is 27.9 Å². The molecule has 0 fully saturated rings. The number of halogens is 3. The first-order chi connectivity index (χ1) is 7.42. The summed E-state index contributed by atoms with van der Waals surface area (Å²) >= 11 is 0. The fourth-order valence-corrected chi connectivity index (χ4v) is 2.48. The number of aliphatic hydroxyl groups excluding tert-OH is 1. The molecule has 8 heteroatoms. The van der Waals surface area contributed by atoms with E-state index < -0.39 is 27.4 Å². The summed E-state index contributed by atoms with van der Waals surface area (Å²) in [5.74, 6) is 0. The molecule has 0 heterocycles. The summed E-state index contributed by atoms with van der Waals surface area (Å²) in [6.45, 7) is 1.93. The number of hydrogen-bond donors (Lipinski definition) is 1. The molecule has 0 spiro atoms. The van der Waals surface area contributed by atoms with Crippen molar-refractivity contribution < 1.29 is 31.6 Å². The van der Waals surface area contributed by atoms with E-state index in [1.54, 1.807) is 6.92 Å². The van der Waals surface area contributed by atoms with Crippen molar-refractivity contribution in [3.63, 3.8) is 0 Å². The smallest absolute Gasteiger partial charge is 0.397 e. The molecule has 0 radical (unpaired) electrons. The standard InChI is InChI=1S/C6H13F3O3Si.C2H6O/c1-10-13(11-2,12-3)4-5(7)6(8)9;1-2-3/h5-6H,4H2,1-3H3;3H,2H2,1H3. The van der Waals surface area contributed by atoms with Crippen molar-refractivity contribution in [2.45, 2.75) is 25.6 Å². The van der Waals surface area contributed by atoms with Gasteiger partial charge in [-0.25, -0.2) is 13.2 Å². The molecule has 0 rings (SSSR count). The second-order valence-corrected chi connectivity index (χ2v) is 5.67. The Hall–Kier alpha value is -0.153. The van der Waals surface area contributed by atoms with Crippen LogP contribution in [0.15, 0.2) is 0 Å². The quantitative estimate of drug-likeness (QED) is 0.738. The molecule has 4 nitrogen and oxygen atoms in total. The van der Waals surface area contributed by atoms with Crippen LogP contribution < -0.4 is 0 Å². The highest BCUT2D eigenvalue weighted by molar-refractivity contribution is 6.60. The molecule has 1 N–H and O–H groups in total. The lowest BCUT2D eigenvalue weighted by Crippen LogP contribution is -2.46. The molecule has 1 unspecified atom stereocenters. The SMILES string of the molecule is CCO.CO[Si](CC(F)C(F)F)(OC)OC. The molecule has 0 saturated heterocycles. The summed E-state index contributed by atoms with van der Waals surface area (Å²) < 4.78 is 50.7. The first-order valence-electron chi connectivity index (χ1n) is 4.61. The van der Waals surface area contributed by atoms with Gasteiger partial charge >= 0.3 is 8.80 Å². The molecule has 0 aromatic carbocycles. The molecule has 0 aliphatic carbocycles. The zero-order valence-corrected chi connectivity index (χ0v) is 10.9. The van der Waals surface area contributed by atoms with E-state index in [4.69, 9.17) is 18.4 Å². The van der Waals surface area contributed by atoms with Gasteiger partial charge in [0.25, 0.3) is 6.43 Å². The van der Waals surface area contributed by atoms with E-state index in [1.165, 1.54) is 21.3 Å². The molecular formula is C8H19F3O4Si. The predicted octanol–water partition coefficient (Wildman–Crippen LogP) is 1.47. The zero-order valence-electron chi connectivity index (χ0n) is 9.87. The Morgan fingerprint density at radius 2 is 1.38 bits per heavy atom. The van der Waals surface area contributed by atoms with Crippen LogP contribution in [0.4, 0.5) is 13.2 Å². The van der Waals surface area contributed by atoms with Gasteiger partial charge in [-0.3, -0.25) is 0 Å². The Kier molecular flexibility index (Phi) is 11.4. The van der Waals surface area contributed by atoms with Gasteiger partial charge in [-0.15, -0.1) is 0 Å². The van der Waals surface area contributed by atoms with Gasteiger partial charge < -0.3 is 18.4 Å². The summed E-state index contributed by atoms with van der Waals surface area (Å²) in [5.41, 5.74) is 0. The lowest BCUT2D eigenvalue weighted by Gasteiger charge is -2.25. The van der Waals surface area contributed by atoms with Crippen LogP contribution >= 0.6 is 0 Å². The van der Waals surface area contributed by atoms with E-state index in [0.717, 1.165) is 0 Å². The van der Waals surface area contributed by atoms with Gasteiger partial charge in [-0.05, 0) is 6.92 Å². The van der Waals surface area contributed by atoms with E-state index in [-0.39, 0.29) is 6.61 Å². The van der Waals surface area contributed by atoms with Gasteiger partial charge in [0, 0.05) is 27.9 Å². The Labute approximate surface area is 94.7 Å². The first kappa shape index (κ1) is 18.2. The van der Waals surface area contributed by atoms with Crippen molar-refractivity contribution in [1.29, 1.82) is 0 Å². The van der Waals surface area contributed by atoms with E-state index >= 15 is 0 Å². The number of aliphatic hydroxyl groups is 1. The third kappa shape index (κ3) is 7.18. The maximum absolute atomic E-state index is 12.6. The lowest BCUT2D eigenvalue weighted by atomic mass is 10.5. The van der Waals surface area contributed by atoms with Gasteiger partial charge in [-0.1, -0.05) is 0 Å². The molecule has 0 aliphatic rings. The maximum atomic E-state index is 12.6. The molecule has 0 saturated carbocycles. The topological polar surface area (TPSA) is 47.9 Å². The first-order valence-corrected chi connectivity index (χ1v) is 6.54. The van der Waals surface area contributed by atoms with Crippen molar-refractivity contribution in [3.05, 3.63) is 0 Å². The lowest BCUT2D eigenvalue weighted by molar-refractivity contribution is 0.0406. The molecule has 100 valence electrons. The summed E-state index contributed by atoms with van der Waals surface area (Å²) in [7, 11) is 0.544. The number of hydrogen-bond acceptors (Lipinski definition) is 4. The average Bonchev–Trinajstić information content (AvgIpc) is 2.27. The van der Waals surface area contributed by atoms with Crippen LogP contribution in [0, 0.1) is 0 Å². The van der Waals surface area contributed by atoms with E-state index in [9.17, 15) is 13.2 Å². The Balaban J connectivity index is 0. The van der Waals surface area contributed by atoms with Crippen molar-refractivity contribution in [1.82, 2.24) is 0 Å². The third-order valence-electron chi connectivity index (χ3n) is 1.65. The Morgan fingerprint density at radius 3 is 1.56 bits per heavy atom. The van der Waals surface area contributed by atoms with Crippen LogP contribution in [-0.2, 0) is 13.3 Å². The molecular weight excluding hydrogens is 245 g/mol. The van der Waals surface area contributed by atoms with Gasteiger partial charge in [0.05, 0.1) is 6.04 Å². The predicted molar refractivity (Wildman–Crippen MR) is 55.2 cm³/mol. The van der Waals surface area contributed by atoms with E-state index in [1.807, 2.05) is 0 Å². The van der Waals surface area contributed by atoms with E-state index in [0.29, 0.717) is 0 Å². The van der Waals surface area contributed by atoms with Gasteiger partial charge in [0.2, 0.25) is 0 Å². The third-order valence-corrected chi connectivity index (χ3v) is 4.41. The van der Waals surface area contributed by atoms with Crippen LogP contribution in [0.1, 0.15) is 6.92 Å². The molecule has 0 amide bonds. The van der Waals surface area contributed by atoms with Gasteiger partial charge in [0.15, 0.2) is 6.17 Å². The second-order valence-electron chi connectivity index (χ2n) is 2.67. The fraction of sp³-hybridized carbons (Fsp3) is 1.00. The summed E-state index contributed by atoms with van der Waals surface area (Å²) in [4.78, 5) is 0. The highest BCUT2D eigenvalue weighted by Gasteiger charge is 2.43. The summed E-state index contributed by atoms with van der Waals surface area (Å²) in [6, 6.07) is -0.534. The van der Waals surface area contributed by atoms with Gasteiger partial charge in [-0.2, -0.15) is 0 Å². The Morgan fingerprint density at radius 1 is 1.06 bits per heavy atom. The van der Waals surface area contributed by atoms with Crippen LogP contribution in [0.3, 0.4) is 0 Å². The minimum absolute atomic E-state index is 0.250. The molecule has 0 bridgehead atoms. The summed E-state index contributed by atoms with van der Waals surface area (Å²) in [6.07, 6.45) is -5.31. The fourth-order valence-electron chi connectivity index (χ4n) is 0.828. The second kappa shape index (κ2) is 10.0. The van der Waals surface area contributed by atoms with Crippen molar-refractivity contribution in [2.24, 2.45) is 0 Å². The van der Waals surface area contributed by atoms with Crippen LogP contribution in [0.5, 0.6) is 0 Å². The molecule has 16 heavy (non-hydrogen) atoms. The van der Waals surface area contributed by atoms with Crippen LogP contribution in [0.2, 0.25) is 6.04 Å². The highest BCUT2D eigenvalue weighted by Crippen LogP contribution is 2.21. The van der Waals surface area contributed by atoms with Crippen molar-refractivity contribution in [3.8, 4) is 0 Å². The number of rotatable bonds is 6. The molecule has 1 atom stereocenters. The minimum atomic E-state index is -3.20. The van der Waals surface area contributed by atoms with Gasteiger partial charge in [0.1, 0.15) is 0 Å². The van der Waals surface area contributed by atoms with Crippen LogP contribution in [0.25, 0.3) is 0 Å². The largest absolute Gasteiger partial charge is 0.503 e. The van der Waals surface area contributed by atoms with E-state index in [2.05, 4.69) is 0 Å². The Bertz CT molecular complexity index is 150. The molecule has 0 aliphatic heterocycles. The molecule has 0 aromatic rings. The maximum Gasteiger partial charge on any atom is 0.503 e. The summed E-state index contributed by atoms with van der Waals surface area (Å²) in [5, 5.41) is 7.57. The minimum Gasteiger partial charge on any atom is -0.397 e. The highest BCUT2D eigenvalue weighted by atomic mass is 28.4. The average molecular weight is 264 g/mol. The molecule has 0 aromatic heterocycles. The van der Waals surface area contributed by atoms with Crippen molar-refractivity contribution >= 4 is 8.80 Å². The zero-order chi connectivity index (χ0) is 13.2. The monoisotopic (exact) mass is 264 g/mol. The van der Waals surface area contributed by atoms with Crippen LogP contribution in [-0.4, -0.2) is 54.4 Å².